The number of nitrogens with zero attached hydrogens (tertiary/aromatic N) is 3. The van der Waals surface area contributed by atoms with Gasteiger partial charge in [-0.05, 0) is 6.92 Å². The first-order chi connectivity index (χ1) is 10.9. The minimum Gasteiger partial charge on any atom is -0.448 e. The molecule has 9 nitrogen and oxygen atoms in total. The predicted molar refractivity (Wildman–Crippen MR) is 77.5 cm³/mol. The second-order valence-corrected chi connectivity index (χ2v) is 7.25. The Kier molecular flexibility index (Phi) is 3.94. The number of rotatable bonds is 3. The predicted octanol–water partition coefficient (Wildman–Crippen LogP) is 0.323. The van der Waals surface area contributed by atoms with E-state index in [9.17, 15) is 13.2 Å². The summed E-state index contributed by atoms with van der Waals surface area (Å²) in [6.45, 7) is 2.50. The first kappa shape index (κ1) is 15.7. The lowest BCUT2D eigenvalue weighted by molar-refractivity contribution is -0.00504. The smallest absolute Gasteiger partial charge is 0.276 e. The minimum atomic E-state index is -3.47. The SMILES string of the molecule is Cc1ocnc1C(=O)N1CCOC[C@@H]1c1[nH]ncc1S(C)(=O)=O. The van der Waals surface area contributed by atoms with E-state index in [-0.39, 0.29) is 23.1 Å². The third-order valence-corrected chi connectivity index (χ3v) is 4.83. The Labute approximate surface area is 132 Å². The number of aromatic nitrogens is 3. The number of amides is 1. The fraction of sp³-hybridized carbons (Fsp3) is 0.462. The van der Waals surface area contributed by atoms with Crippen LogP contribution in [0.1, 0.15) is 28.0 Å². The normalized spacial score (nSPS) is 19.0. The van der Waals surface area contributed by atoms with Crippen LogP contribution in [0.25, 0.3) is 0 Å². The Balaban J connectivity index is 1.99. The Morgan fingerprint density at radius 1 is 1.48 bits per heavy atom. The van der Waals surface area contributed by atoms with Crippen molar-refractivity contribution in [2.75, 3.05) is 26.0 Å². The van der Waals surface area contributed by atoms with Crippen LogP contribution in [0.15, 0.2) is 21.9 Å². The van der Waals surface area contributed by atoms with Gasteiger partial charge in [0.15, 0.2) is 21.9 Å². The van der Waals surface area contributed by atoms with Crippen LogP contribution in [0.5, 0.6) is 0 Å². The lowest BCUT2D eigenvalue weighted by Gasteiger charge is -2.34. The number of carbonyl (C=O) groups is 1. The van der Waals surface area contributed by atoms with Crippen molar-refractivity contribution in [2.45, 2.75) is 17.9 Å². The van der Waals surface area contributed by atoms with Gasteiger partial charge in [0.05, 0.1) is 31.1 Å². The van der Waals surface area contributed by atoms with Gasteiger partial charge in [-0.15, -0.1) is 0 Å². The van der Waals surface area contributed by atoms with Crippen LogP contribution in [0.3, 0.4) is 0 Å². The third kappa shape index (κ3) is 2.86. The molecule has 0 spiro atoms. The van der Waals surface area contributed by atoms with Gasteiger partial charge in [0.1, 0.15) is 10.7 Å². The van der Waals surface area contributed by atoms with Crippen molar-refractivity contribution in [3.8, 4) is 0 Å². The van der Waals surface area contributed by atoms with Crippen LogP contribution >= 0.6 is 0 Å². The average molecular weight is 340 g/mol. The van der Waals surface area contributed by atoms with E-state index in [1.165, 1.54) is 17.5 Å². The van der Waals surface area contributed by atoms with Crippen molar-refractivity contribution in [1.82, 2.24) is 20.1 Å². The molecule has 0 aromatic carbocycles. The molecule has 0 radical (unpaired) electrons. The highest BCUT2D eigenvalue weighted by molar-refractivity contribution is 7.90. The molecule has 1 N–H and O–H groups in total. The van der Waals surface area contributed by atoms with Crippen LogP contribution in [-0.2, 0) is 14.6 Å². The first-order valence-corrected chi connectivity index (χ1v) is 8.81. The lowest BCUT2D eigenvalue weighted by atomic mass is 10.1. The summed E-state index contributed by atoms with van der Waals surface area (Å²) >= 11 is 0. The maximum absolute atomic E-state index is 12.7. The topological polar surface area (TPSA) is 118 Å². The molecule has 1 atom stereocenters. The molecule has 1 fully saturated rings. The number of sulfone groups is 1. The summed E-state index contributed by atoms with van der Waals surface area (Å²) in [5.41, 5.74) is 0.541. The zero-order chi connectivity index (χ0) is 16.6. The number of hydrogen-bond donors (Lipinski definition) is 1. The van der Waals surface area contributed by atoms with Crippen molar-refractivity contribution in [1.29, 1.82) is 0 Å². The summed E-state index contributed by atoms with van der Waals surface area (Å²) in [4.78, 5) is 18.2. The van der Waals surface area contributed by atoms with Gasteiger partial charge in [0.2, 0.25) is 0 Å². The van der Waals surface area contributed by atoms with E-state index >= 15 is 0 Å². The van der Waals surface area contributed by atoms with Crippen LogP contribution in [0.2, 0.25) is 0 Å². The molecule has 1 saturated heterocycles. The van der Waals surface area contributed by atoms with E-state index in [2.05, 4.69) is 15.2 Å². The van der Waals surface area contributed by atoms with Crippen LogP contribution in [0, 0.1) is 6.92 Å². The van der Waals surface area contributed by atoms with Gasteiger partial charge < -0.3 is 14.1 Å². The van der Waals surface area contributed by atoms with E-state index < -0.39 is 15.9 Å². The maximum Gasteiger partial charge on any atom is 0.276 e. The number of oxazole rings is 1. The fourth-order valence-electron chi connectivity index (χ4n) is 2.55. The molecule has 124 valence electrons. The summed E-state index contributed by atoms with van der Waals surface area (Å²) in [5, 5.41) is 6.49. The van der Waals surface area contributed by atoms with Crippen molar-refractivity contribution in [3.63, 3.8) is 0 Å². The number of nitrogens with one attached hydrogen (secondary N) is 1. The average Bonchev–Trinajstić information content (AvgIpc) is 3.14. The Bertz CT molecular complexity index is 825. The van der Waals surface area contributed by atoms with E-state index in [4.69, 9.17) is 9.15 Å². The Morgan fingerprint density at radius 3 is 2.91 bits per heavy atom. The highest BCUT2D eigenvalue weighted by atomic mass is 32.2. The molecule has 2 aromatic heterocycles. The van der Waals surface area contributed by atoms with E-state index in [1.807, 2.05) is 0 Å². The van der Waals surface area contributed by atoms with Crippen LogP contribution < -0.4 is 0 Å². The zero-order valence-corrected chi connectivity index (χ0v) is 13.5. The standard InChI is InChI=1S/C13H16N4O5S/c1-8-11(14-7-22-8)13(18)17-3-4-21-6-9(17)12-10(5-15-16-12)23(2,19)20/h5,7,9H,3-4,6H2,1-2H3,(H,15,16)/t9-/m1/s1. The van der Waals surface area contributed by atoms with Gasteiger partial charge in [0.25, 0.3) is 5.91 Å². The van der Waals surface area contributed by atoms with Crippen molar-refractivity contribution in [2.24, 2.45) is 0 Å². The summed E-state index contributed by atoms with van der Waals surface area (Å²) in [5.74, 6) is 0.0757. The summed E-state index contributed by atoms with van der Waals surface area (Å²) < 4.78 is 34.3. The molecular weight excluding hydrogens is 324 g/mol. The molecule has 0 bridgehead atoms. The number of aryl methyl sites for hydroxylation is 1. The molecule has 3 rings (SSSR count). The quantitative estimate of drug-likeness (QED) is 0.855. The second-order valence-electron chi connectivity index (χ2n) is 5.27. The number of morpholine rings is 1. The molecule has 23 heavy (non-hydrogen) atoms. The fourth-order valence-corrected chi connectivity index (χ4v) is 3.38. The second kappa shape index (κ2) is 5.78. The lowest BCUT2D eigenvalue weighted by Crippen LogP contribution is -2.44. The highest BCUT2D eigenvalue weighted by Crippen LogP contribution is 2.29. The molecular formula is C13H16N4O5S. The molecule has 2 aromatic rings. The minimum absolute atomic E-state index is 0.0580. The van der Waals surface area contributed by atoms with E-state index in [0.29, 0.717) is 24.6 Å². The Morgan fingerprint density at radius 2 is 2.26 bits per heavy atom. The summed E-state index contributed by atoms with van der Waals surface area (Å²) in [6.07, 6.45) is 3.54. The monoisotopic (exact) mass is 340 g/mol. The molecule has 0 aliphatic carbocycles. The molecule has 0 unspecified atom stereocenters. The molecule has 3 heterocycles. The van der Waals surface area contributed by atoms with Crippen molar-refractivity contribution < 1.29 is 22.4 Å². The zero-order valence-electron chi connectivity index (χ0n) is 12.6. The van der Waals surface area contributed by atoms with Crippen molar-refractivity contribution >= 4 is 15.7 Å². The summed E-state index contributed by atoms with van der Waals surface area (Å²) in [7, 11) is -3.47. The number of ether oxygens (including phenoxy) is 1. The largest absolute Gasteiger partial charge is 0.448 e. The third-order valence-electron chi connectivity index (χ3n) is 3.70. The van der Waals surface area contributed by atoms with Crippen LogP contribution in [-0.4, -0.2) is 60.4 Å². The van der Waals surface area contributed by atoms with Crippen molar-refractivity contribution in [3.05, 3.63) is 29.7 Å². The molecule has 1 aliphatic heterocycles. The molecule has 10 heteroatoms. The van der Waals surface area contributed by atoms with E-state index in [0.717, 1.165) is 6.26 Å². The van der Waals surface area contributed by atoms with Gasteiger partial charge in [-0.2, -0.15) is 5.10 Å². The number of H-pyrrole nitrogens is 1. The van der Waals surface area contributed by atoms with E-state index in [1.54, 1.807) is 6.92 Å². The molecule has 0 saturated carbocycles. The number of aromatic amines is 1. The maximum atomic E-state index is 12.7. The van der Waals surface area contributed by atoms with Gasteiger partial charge >= 0.3 is 0 Å². The van der Waals surface area contributed by atoms with Gasteiger partial charge in [-0.3, -0.25) is 9.89 Å². The number of carbonyl (C=O) groups excluding carboxylic acids is 1. The summed E-state index contributed by atoms with van der Waals surface area (Å²) in [6, 6.07) is -0.584. The van der Waals surface area contributed by atoms with Gasteiger partial charge in [-0.25, -0.2) is 13.4 Å². The Hall–Kier alpha value is -2.20. The molecule has 1 aliphatic rings. The van der Waals surface area contributed by atoms with Gasteiger partial charge in [-0.1, -0.05) is 0 Å². The highest BCUT2D eigenvalue weighted by Gasteiger charge is 2.35. The first-order valence-electron chi connectivity index (χ1n) is 6.91. The van der Waals surface area contributed by atoms with Crippen LogP contribution in [0.4, 0.5) is 0 Å². The number of hydrogen-bond acceptors (Lipinski definition) is 7. The molecule has 1 amide bonds. The van der Waals surface area contributed by atoms with Gasteiger partial charge in [0, 0.05) is 12.8 Å².